The number of nitrogens with zero attached hydrogens (tertiary/aromatic N) is 1. The fourth-order valence-corrected chi connectivity index (χ4v) is 2.54. The summed E-state index contributed by atoms with van der Waals surface area (Å²) < 4.78 is 26.4. The Labute approximate surface area is 113 Å². The van der Waals surface area contributed by atoms with Crippen LogP contribution in [0.4, 0.5) is 8.78 Å². The molecule has 1 aliphatic carbocycles. The number of halogens is 2. The molecule has 106 valence electrons. The molecule has 1 aromatic carbocycles. The lowest BCUT2D eigenvalue weighted by atomic mass is 10.0. The Morgan fingerprint density at radius 2 is 1.95 bits per heavy atom. The van der Waals surface area contributed by atoms with Crippen LogP contribution in [-0.4, -0.2) is 24.0 Å². The van der Waals surface area contributed by atoms with Gasteiger partial charge in [-0.3, -0.25) is 4.90 Å². The molecule has 0 saturated heterocycles. The summed E-state index contributed by atoms with van der Waals surface area (Å²) >= 11 is 0. The number of nitrogens with two attached hydrogens (primary N) is 1. The molecule has 4 heteroatoms. The van der Waals surface area contributed by atoms with Gasteiger partial charge in [0.15, 0.2) is 11.6 Å². The van der Waals surface area contributed by atoms with Gasteiger partial charge in [0.1, 0.15) is 0 Å². The molecule has 0 heterocycles. The van der Waals surface area contributed by atoms with Gasteiger partial charge in [0, 0.05) is 25.2 Å². The molecule has 1 atom stereocenters. The van der Waals surface area contributed by atoms with E-state index in [0.29, 0.717) is 18.5 Å². The molecule has 0 aromatic heterocycles. The van der Waals surface area contributed by atoms with Crippen molar-refractivity contribution >= 4 is 0 Å². The van der Waals surface area contributed by atoms with Crippen LogP contribution in [0.5, 0.6) is 0 Å². The molecule has 1 aromatic rings. The molecule has 0 spiro atoms. The highest BCUT2D eigenvalue weighted by Crippen LogP contribution is 2.35. The van der Waals surface area contributed by atoms with Gasteiger partial charge in [-0.25, -0.2) is 8.78 Å². The number of benzene rings is 1. The maximum absolute atomic E-state index is 13.4. The first-order valence-corrected chi connectivity index (χ1v) is 6.93. The summed E-state index contributed by atoms with van der Waals surface area (Å²) in [6, 6.07) is 4.64. The van der Waals surface area contributed by atoms with Gasteiger partial charge in [-0.2, -0.15) is 0 Å². The normalized spacial score (nSPS) is 17.2. The first-order valence-electron chi connectivity index (χ1n) is 6.93. The third-order valence-corrected chi connectivity index (χ3v) is 3.54. The van der Waals surface area contributed by atoms with E-state index in [1.54, 1.807) is 6.07 Å². The summed E-state index contributed by atoms with van der Waals surface area (Å²) in [5, 5.41) is 0. The Morgan fingerprint density at radius 1 is 1.26 bits per heavy atom. The van der Waals surface area contributed by atoms with Crippen LogP contribution in [0.3, 0.4) is 0 Å². The molecular weight excluding hydrogens is 246 g/mol. The van der Waals surface area contributed by atoms with E-state index >= 15 is 0 Å². The smallest absolute Gasteiger partial charge is 0.159 e. The Bertz CT molecular complexity index is 430. The zero-order chi connectivity index (χ0) is 14.0. The molecule has 2 N–H and O–H groups in total. The van der Waals surface area contributed by atoms with Crippen molar-refractivity contribution in [2.75, 3.05) is 13.1 Å². The molecule has 1 unspecified atom stereocenters. The summed E-state index contributed by atoms with van der Waals surface area (Å²) in [6.45, 7) is 5.68. The van der Waals surface area contributed by atoms with Gasteiger partial charge < -0.3 is 5.73 Å². The number of hydrogen-bond donors (Lipinski definition) is 1. The highest BCUT2D eigenvalue weighted by molar-refractivity contribution is 5.22. The van der Waals surface area contributed by atoms with Crippen LogP contribution in [0.15, 0.2) is 18.2 Å². The lowest BCUT2D eigenvalue weighted by Crippen LogP contribution is -2.38. The quantitative estimate of drug-likeness (QED) is 0.859. The predicted octanol–water partition coefficient (Wildman–Crippen LogP) is 3.09. The Hall–Kier alpha value is -1.00. The van der Waals surface area contributed by atoms with Crippen molar-refractivity contribution in [3.05, 3.63) is 35.4 Å². The zero-order valence-electron chi connectivity index (χ0n) is 11.6. The fraction of sp³-hybridized carbons (Fsp3) is 0.600. The van der Waals surface area contributed by atoms with Gasteiger partial charge in [0.2, 0.25) is 0 Å². The predicted molar refractivity (Wildman–Crippen MR) is 72.7 cm³/mol. The number of hydrogen-bond acceptors (Lipinski definition) is 2. The minimum Gasteiger partial charge on any atom is -0.329 e. The van der Waals surface area contributed by atoms with E-state index < -0.39 is 11.6 Å². The average Bonchev–Trinajstić information content (AvgIpc) is 3.17. The van der Waals surface area contributed by atoms with Gasteiger partial charge in [0.05, 0.1) is 0 Å². The summed E-state index contributed by atoms with van der Waals surface area (Å²) in [6.07, 6.45) is 2.35. The number of rotatable bonds is 6. The average molecular weight is 268 g/mol. The second-order valence-electron chi connectivity index (χ2n) is 5.75. The lowest BCUT2D eigenvalue weighted by molar-refractivity contribution is 0.169. The van der Waals surface area contributed by atoms with Crippen LogP contribution in [0, 0.1) is 17.6 Å². The fourth-order valence-electron chi connectivity index (χ4n) is 2.54. The third kappa shape index (κ3) is 3.51. The Balaban J connectivity index is 2.22. The Morgan fingerprint density at radius 3 is 2.42 bits per heavy atom. The standard InChI is InChI=1S/C15H22F2N2/c1-10(2)9-19(12-4-5-12)15(8-18)11-3-6-13(16)14(17)7-11/h3,6-7,10,12,15H,4-5,8-9,18H2,1-2H3. The van der Waals surface area contributed by atoms with Crippen molar-refractivity contribution in [2.45, 2.75) is 38.8 Å². The zero-order valence-corrected chi connectivity index (χ0v) is 11.6. The topological polar surface area (TPSA) is 29.3 Å². The van der Waals surface area contributed by atoms with Gasteiger partial charge in [0.25, 0.3) is 0 Å². The molecule has 0 aliphatic heterocycles. The molecule has 1 saturated carbocycles. The van der Waals surface area contributed by atoms with E-state index in [4.69, 9.17) is 5.73 Å². The van der Waals surface area contributed by atoms with Crippen LogP contribution < -0.4 is 5.73 Å². The monoisotopic (exact) mass is 268 g/mol. The maximum Gasteiger partial charge on any atom is 0.159 e. The molecule has 0 amide bonds. The van der Waals surface area contributed by atoms with Crippen LogP contribution in [0.1, 0.15) is 38.3 Å². The molecule has 19 heavy (non-hydrogen) atoms. The lowest BCUT2D eigenvalue weighted by Gasteiger charge is -2.32. The van der Waals surface area contributed by atoms with Gasteiger partial charge in [-0.05, 0) is 36.5 Å². The summed E-state index contributed by atoms with van der Waals surface area (Å²) in [7, 11) is 0. The maximum atomic E-state index is 13.4. The summed E-state index contributed by atoms with van der Waals surface area (Å²) in [4.78, 5) is 2.34. The minimum absolute atomic E-state index is 0.0231. The van der Waals surface area contributed by atoms with E-state index in [9.17, 15) is 8.78 Å². The van der Waals surface area contributed by atoms with Crippen LogP contribution in [0.2, 0.25) is 0 Å². The van der Waals surface area contributed by atoms with E-state index in [1.807, 2.05) is 0 Å². The molecular formula is C15H22F2N2. The molecule has 0 radical (unpaired) electrons. The van der Waals surface area contributed by atoms with Crippen LogP contribution >= 0.6 is 0 Å². The van der Waals surface area contributed by atoms with E-state index in [1.165, 1.54) is 25.0 Å². The molecule has 1 fully saturated rings. The van der Waals surface area contributed by atoms with Crippen LogP contribution in [-0.2, 0) is 0 Å². The van der Waals surface area contributed by atoms with Gasteiger partial charge in [-0.1, -0.05) is 19.9 Å². The minimum atomic E-state index is -0.804. The second-order valence-corrected chi connectivity index (χ2v) is 5.75. The van der Waals surface area contributed by atoms with Crippen molar-refractivity contribution in [2.24, 2.45) is 11.7 Å². The molecule has 0 bridgehead atoms. The van der Waals surface area contributed by atoms with Crippen molar-refractivity contribution in [1.82, 2.24) is 4.90 Å². The van der Waals surface area contributed by atoms with Crippen molar-refractivity contribution < 1.29 is 8.78 Å². The first-order chi connectivity index (χ1) is 9.02. The van der Waals surface area contributed by atoms with Crippen LogP contribution in [0.25, 0.3) is 0 Å². The molecule has 2 nitrogen and oxygen atoms in total. The highest BCUT2D eigenvalue weighted by atomic mass is 19.2. The highest BCUT2D eigenvalue weighted by Gasteiger charge is 2.34. The second kappa shape index (κ2) is 5.97. The van der Waals surface area contributed by atoms with E-state index in [2.05, 4.69) is 18.7 Å². The van der Waals surface area contributed by atoms with E-state index in [0.717, 1.165) is 12.1 Å². The largest absolute Gasteiger partial charge is 0.329 e. The first kappa shape index (κ1) is 14.4. The van der Waals surface area contributed by atoms with E-state index in [-0.39, 0.29) is 6.04 Å². The molecule has 1 aliphatic rings. The van der Waals surface area contributed by atoms with Gasteiger partial charge in [-0.15, -0.1) is 0 Å². The van der Waals surface area contributed by atoms with Crippen molar-refractivity contribution in [3.8, 4) is 0 Å². The summed E-state index contributed by atoms with van der Waals surface area (Å²) in [5.74, 6) is -1.07. The third-order valence-electron chi connectivity index (χ3n) is 3.54. The van der Waals surface area contributed by atoms with Gasteiger partial charge >= 0.3 is 0 Å². The van der Waals surface area contributed by atoms with Crippen molar-refractivity contribution in [3.63, 3.8) is 0 Å². The summed E-state index contributed by atoms with van der Waals surface area (Å²) in [5.41, 5.74) is 6.65. The Kier molecular flexibility index (Phi) is 4.53. The SMILES string of the molecule is CC(C)CN(C1CC1)C(CN)c1ccc(F)c(F)c1. The molecule has 2 rings (SSSR count). The van der Waals surface area contributed by atoms with Crippen molar-refractivity contribution in [1.29, 1.82) is 0 Å².